The third-order valence-electron chi connectivity index (χ3n) is 5.29. The van der Waals surface area contributed by atoms with Crippen molar-refractivity contribution in [1.82, 2.24) is 25.3 Å². The number of aromatic nitrogens is 2. The number of nitrogens with one attached hydrogen (secondary N) is 2. The van der Waals surface area contributed by atoms with Gasteiger partial charge in [-0.15, -0.1) is 12.4 Å². The number of amides is 1. The Balaban J connectivity index is 0.00000208. The number of nitrogens with zero attached hydrogens (tertiary/aromatic N) is 3. The summed E-state index contributed by atoms with van der Waals surface area (Å²) in [6.07, 6.45) is 7.02. The third-order valence-corrected chi connectivity index (χ3v) is 5.29. The molecule has 3 rings (SSSR count). The van der Waals surface area contributed by atoms with Crippen molar-refractivity contribution in [1.29, 1.82) is 0 Å². The minimum Gasteiger partial charge on any atom is -0.352 e. The van der Waals surface area contributed by atoms with Crippen molar-refractivity contribution in [2.75, 3.05) is 39.3 Å². The van der Waals surface area contributed by atoms with E-state index in [1.54, 1.807) is 17.1 Å². The molecule has 3 heterocycles. The molecule has 7 heteroatoms. The third kappa shape index (κ3) is 4.94. The fourth-order valence-electron chi connectivity index (χ4n) is 3.77. The van der Waals surface area contributed by atoms with Crippen LogP contribution in [0.4, 0.5) is 0 Å². The zero-order valence-electron chi connectivity index (χ0n) is 14.8. The molecule has 1 unspecified atom stereocenters. The summed E-state index contributed by atoms with van der Waals surface area (Å²) in [7, 11) is 1.83. The molecule has 0 saturated carbocycles. The van der Waals surface area contributed by atoms with Crippen LogP contribution in [0, 0.1) is 11.3 Å². The number of carbonyl (C=O) groups is 1. The first-order chi connectivity index (χ1) is 11.0. The van der Waals surface area contributed by atoms with Gasteiger partial charge in [-0.1, -0.05) is 6.92 Å². The number of carbonyl (C=O) groups excluding carboxylic acids is 1. The van der Waals surface area contributed by atoms with Crippen molar-refractivity contribution in [2.24, 2.45) is 18.4 Å². The second-order valence-electron chi connectivity index (χ2n) is 7.57. The molecule has 1 aromatic heterocycles. The highest BCUT2D eigenvalue weighted by Crippen LogP contribution is 2.28. The van der Waals surface area contributed by atoms with Crippen molar-refractivity contribution in [3.63, 3.8) is 0 Å². The molecular weight excluding hydrogens is 326 g/mol. The predicted molar refractivity (Wildman–Crippen MR) is 97.5 cm³/mol. The molecule has 24 heavy (non-hydrogen) atoms. The summed E-state index contributed by atoms with van der Waals surface area (Å²) in [5, 5.41) is 10.6. The van der Waals surface area contributed by atoms with Gasteiger partial charge in [-0.25, -0.2) is 0 Å². The van der Waals surface area contributed by atoms with Gasteiger partial charge in [0.25, 0.3) is 5.91 Å². The number of halogens is 1. The van der Waals surface area contributed by atoms with Gasteiger partial charge in [-0.2, -0.15) is 5.10 Å². The zero-order valence-corrected chi connectivity index (χ0v) is 15.6. The van der Waals surface area contributed by atoms with Crippen molar-refractivity contribution in [3.8, 4) is 0 Å². The van der Waals surface area contributed by atoms with Gasteiger partial charge in [0.1, 0.15) is 0 Å². The number of rotatable bonds is 5. The zero-order chi connectivity index (χ0) is 16.3. The number of likely N-dealkylation sites (tertiary alicyclic amines) is 1. The molecule has 136 valence electrons. The Morgan fingerprint density at radius 1 is 1.46 bits per heavy atom. The lowest BCUT2D eigenvalue weighted by Crippen LogP contribution is -2.43. The molecular formula is C17H30ClN5O. The lowest BCUT2D eigenvalue weighted by Gasteiger charge is -2.37. The lowest BCUT2D eigenvalue weighted by molar-refractivity contribution is 0.0925. The Bertz CT molecular complexity index is 533. The van der Waals surface area contributed by atoms with Crippen LogP contribution in [0.5, 0.6) is 0 Å². The van der Waals surface area contributed by atoms with E-state index in [2.05, 4.69) is 27.6 Å². The molecule has 0 aromatic carbocycles. The van der Waals surface area contributed by atoms with Crippen LogP contribution in [0.25, 0.3) is 0 Å². The van der Waals surface area contributed by atoms with E-state index in [-0.39, 0.29) is 18.3 Å². The predicted octanol–water partition coefficient (Wildman–Crippen LogP) is 1.28. The molecule has 1 aromatic rings. The molecule has 2 N–H and O–H groups in total. The summed E-state index contributed by atoms with van der Waals surface area (Å²) >= 11 is 0. The summed E-state index contributed by atoms with van der Waals surface area (Å²) in [4.78, 5) is 14.7. The highest BCUT2D eigenvalue weighted by molar-refractivity contribution is 5.93. The molecule has 1 atom stereocenters. The standard InChI is InChI=1S/C17H29N5O.ClH/c1-17(5-6-18-12-17)13-22-7-3-14(4-8-22)9-19-16(23)15-10-20-21(2)11-15;/h10-11,14,18H,3-9,12-13H2,1-2H3,(H,19,23);1H. The van der Waals surface area contributed by atoms with Gasteiger partial charge in [0.15, 0.2) is 0 Å². The van der Waals surface area contributed by atoms with E-state index in [0.29, 0.717) is 16.9 Å². The van der Waals surface area contributed by atoms with Gasteiger partial charge in [-0.05, 0) is 50.2 Å². The largest absolute Gasteiger partial charge is 0.352 e. The molecule has 2 aliphatic rings. The first kappa shape index (κ1) is 19.2. The van der Waals surface area contributed by atoms with Crippen LogP contribution >= 0.6 is 12.4 Å². The SMILES string of the molecule is Cl.Cn1cc(C(=O)NCC2CCN(CC3(C)CCNC3)CC2)cn1. The van der Waals surface area contributed by atoms with E-state index in [0.717, 1.165) is 32.7 Å². The Morgan fingerprint density at radius 3 is 2.79 bits per heavy atom. The fourth-order valence-corrected chi connectivity index (χ4v) is 3.77. The Labute approximate surface area is 150 Å². The van der Waals surface area contributed by atoms with Crippen molar-refractivity contribution < 1.29 is 4.79 Å². The molecule has 1 amide bonds. The van der Waals surface area contributed by atoms with E-state index < -0.39 is 0 Å². The van der Waals surface area contributed by atoms with E-state index in [9.17, 15) is 4.79 Å². The molecule has 6 nitrogen and oxygen atoms in total. The fraction of sp³-hybridized carbons (Fsp3) is 0.765. The minimum absolute atomic E-state index is 0. The average molecular weight is 356 g/mol. The van der Waals surface area contributed by atoms with Crippen LogP contribution in [0.3, 0.4) is 0 Å². The number of hydrogen-bond acceptors (Lipinski definition) is 4. The monoisotopic (exact) mass is 355 g/mol. The van der Waals surface area contributed by atoms with E-state index >= 15 is 0 Å². The smallest absolute Gasteiger partial charge is 0.254 e. The lowest BCUT2D eigenvalue weighted by atomic mass is 9.87. The summed E-state index contributed by atoms with van der Waals surface area (Å²) in [5.74, 6) is 0.589. The maximum Gasteiger partial charge on any atom is 0.254 e. The van der Waals surface area contributed by atoms with Gasteiger partial charge in [0, 0.05) is 32.9 Å². The second-order valence-corrected chi connectivity index (χ2v) is 7.57. The van der Waals surface area contributed by atoms with Gasteiger partial charge >= 0.3 is 0 Å². The van der Waals surface area contributed by atoms with Crippen LogP contribution in [0.15, 0.2) is 12.4 Å². The van der Waals surface area contributed by atoms with E-state index in [1.165, 1.54) is 25.8 Å². The summed E-state index contributed by atoms with van der Waals surface area (Å²) < 4.78 is 1.66. The maximum absolute atomic E-state index is 12.1. The van der Waals surface area contributed by atoms with Gasteiger partial charge in [0.2, 0.25) is 0 Å². The highest BCUT2D eigenvalue weighted by Gasteiger charge is 2.32. The topological polar surface area (TPSA) is 62.2 Å². The minimum atomic E-state index is -0.00919. The molecule has 0 radical (unpaired) electrons. The second kappa shape index (κ2) is 8.32. The van der Waals surface area contributed by atoms with Gasteiger partial charge in [0.05, 0.1) is 11.8 Å². The van der Waals surface area contributed by atoms with Crippen molar-refractivity contribution in [3.05, 3.63) is 18.0 Å². The Hall–Kier alpha value is -1.11. The first-order valence-corrected chi connectivity index (χ1v) is 8.74. The molecule has 0 aliphatic carbocycles. The highest BCUT2D eigenvalue weighted by atomic mass is 35.5. The Kier molecular flexibility index (Phi) is 6.66. The first-order valence-electron chi connectivity index (χ1n) is 8.74. The number of piperidine rings is 1. The summed E-state index contributed by atoms with van der Waals surface area (Å²) in [5.41, 5.74) is 1.09. The van der Waals surface area contributed by atoms with Crippen LogP contribution in [0.1, 0.15) is 36.5 Å². The molecule has 2 saturated heterocycles. The Morgan fingerprint density at radius 2 is 2.21 bits per heavy atom. The summed E-state index contributed by atoms with van der Waals surface area (Å²) in [6.45, 7) is 9.00. The van der Waals surface area contributed by atoms with Crippen LogP contribution < -0.4 is 10.6 Å². The van der Waals surface area contributed by atoms with Crippen LogP contribution in [-0.4, -0.2) is 59.9 Å². The van der Waals surface area contributed by atoms with E-state index in [4.69, 9.17) is 0 Å². The summed E-state index contributed by atoms with van der Waals surface area (Å²) in [6, 6.07) is 0. The average Bonchev–Trinajstić information content (AvgIpc) is 3.15. The number of hydrogen-bond donors (Lipinski definition) is 2. The van der Waals surface area contributed by atoms with Crippen LogP contribution in [-0.2, 0) is 7.05 Å². The maximum atomic E-state index is 12.1. The van der Waals surface area contributed by atoms with Crippen molar-refractivity contribution in [2.45, 2.75) is 26.2 Å². The molecule has 2 fully saturated rings. The molecule has 0 spiro atoms. The van der Waals surface area contributed by atoms with Gasteiger partial charge < -0.3 is 15.5 Å². The quantitative estimate of drug-likeness (QED) is 0.835. The molecule has 0 bridgehead atoms. The van der Waals surface area contributed by atoms with Crippen molar-refractivity contribution >= 4 is 18.3 Å². The normalized spacial score (nSPS) is 25.4. The van der Waals surface area contributed by atoms with E-state index in [1.807, 2.05) is 7.05 Å². The number of aryl methyl sites for hydroxylation is 1. The van der Waals surface area contributed by atoms with Gasteiger partial charge in [-0.3, -0.25) is 9.48 Å². The van der Waals surface area contributed by atoms with Crippen LogP contribution in [0.2, 0.25) is 0 Å². The molecule has 2 aliphatic heterocycles.